The largest absolute Gasteiger partial charge is 0.361 e. The second kappa shape index (κ2) is 10.8. The van der Waals surface area contributed by atoms with Gasteiger partial charge in [0.15, 0.2) is 11.2 Å². The van der Waals surface area contributed by atoms with E-state index in [-0.39, 0.29) is 17.7 Å². The molecule has 5 heterocycles. The predicted octanol–water partition coefficient (Wildman–Crippen LogP) is 2.20. The van der Waals surface area contributed by atoms with Gasteiger partial charge in [-0.1, -0.05) is 5.16 Å². The lowest BCUT2D eigenvalue weighted by Crippen LogP contribution is -2.40. The van der Waals surface area contributed by atoms with Crippen molar-refractivity contribution in [2.24, 2.45) is 7.05 Å². The summed E-state index contributed by atoms with van der Waals surface area (Å²) in [5.74, 6) is 1.16. The average Bonchev–Trinajstić information content (AvgIpc) is 3.70. The predicted molar refractivity (Wildman–Crippen MR) is 150 cm³/mol. The number of carbonyl (C=O) groups excluding carboxylic acids is 1. The molecule has 0 aliphatic carbocycles. The molecule has 208 valence electrons. The number of thiazole rings is 1. The van der Waals surface area contributed by atoms with E-state index in [9.17, 15) is 14.4 Å². The van der Waals surface area contributed by atoms with Gasteiger partial charge in [0, 0.05) is 49.5 Å². The van der Waals surface area contributed by atoms with Crippen LogP contribution >= 0.6 is 11.3 Å². The fourth-order valence-electron chi connectivity index (χ4n) is 4.30. The van der Waals surface area contributed by atoms with E-state index < -0.39 is 23.2 Å². The van der Waals surface area contributed by atoms with E-state index in [4.69, 9.17) is 4.52 Å². The number of imidazole rings is 1. The minimum atomic E-state index is -0.834. The standard InChI is InChI=1S/C25H28N10O4S/c1-6-33(7-2)24-26-9-16(10-27-24)22-30-18(12-40-22)29-21(36)15(4)35-13-28-20-19(35)23(37)34(25(38)32(20)5)11-17-8-14(3)39-31-17/h8-10,12-13,15H,6-7,11H2,1-5H3,(H,29,36). The van der Waals surface area contributed by atoms with E-state index in [1.54, 1.807) is 37.7 Å². The quantitative estimate of drug-likeness (QED) is 0.281. The van der Waals surface area contributed by atoms with Crippen molar-refractivity contribution in [3.05, 3.63) is 62.5 Å². The topological polar surface area (TPSA) is 159 Å². The molecule has 0 aromatic carbocycles. The van der Waals surface area contributed by atoms with Crippen LogP contribution in [0.4, 0.5) is 11.8 Å². The molecule has 14 nitrogen and oxygen atoms in total. The van der Waals surface area contributed by atoms with Crippen molar-refractivity contribution < 1.29 is 9.32 Å². The van der Waals surface area contributed by atoms with Crippen molar-refractivity contribution in [3.63, 3.8) is 0 Å². The van der Waals surface area contributed by atoms with Crippen LogP contribution in [0.3, 0.4) is 0 Å². The number of aryl methyl sites for hydroxylation is 2. The molecule has 1 amide bonds. The summed E-state index contributed by atoms with van der Waals surface area (Å²) < 4.78 is 8.83. The minimum Gasteiger partial charge on any atom is -0.361 e. The van der Waals surface area contributed by atoms with Crippen molar-refractivity contribution in [1.29, 1.82) is 0 Å². The molecular weight excluding hydrogens is 536 g/mol. The smallest absolute Gasteiger partial charge is 0.332 e. The summed E-state index contributed by atoms with van der Waals surface area (Å²) in [4.78, 5) is 59.2. The highest BCUT2D eigenvalue weighted by molar-refractivity contribution is 7.13. The van der Waals surface area contributed by atoms with Crippen LogP contribution in [0.1, 0.15) is 38.3 Å². The van der Waals surface area contributed by atoms with E-state index in [1.165, 1.54) is 33.8 Å². The van der Waals surface area contributed by atoms with E-state index in [0.717, 1.165) is 23.2 Å². The van der Waals surface area contributed by atoms with Gasteiger partial charge in [-0.05, 0) is 27.7 Å². The number of nitrogens with one attached hydrogen (secondary N) is 1. The Balaban J connectivity index is 1.38. The molecule has 40 heavy (non-hydrogen) atoms. The van der Waals surface area contributed by atoms with Crippen LogP contribution in [-0.2, 0) is 18.4 Å². The van der Waals surface area contributed by atoms with Gasteiger partial charge in [0.2, 0.25) is 11.9 Å². The third-order valence-corrected chi connectivity index (χ3v) is 7.43. The number of anilines is 2. The summed E-state index contributed by atoms with van der Waals surface area (Å²) >= 11 is 1.35. The molecule has 1 unspecified atom stereocenters. The molecule has 0 spiro atoms. The van der Waals surface area contributed by atoms with Crippen molar-refractivity contribution in [2.75, 3.05) is 23.3 Å². The average molecular weight is 565 g/mol. The number of aromatic nitrogens is 8. The SMILES string of the molecule is CCN(CC)c1ncc(-c2nc(NC(=O)C(C)n3cnc4c3c(=O)n(Cc3cc(C)on3)c(=O)n4C)cs2)cn1. The monoisotopic (exact) mass is 564 g/mol. The zero-order chi connectivity index (χ0) is 28.6. The van der Waals surface area contributed by atoms with Gasteiger partial charge in [-0.15, -0.1) is 11.3 Å². The highest BCUT2D eigenvalue weighted by Gasteiger charge is 2.24. The highest BCUT2D eigenvalue weighted by Crippen LogP contribution is 2.26. The highest BCUT2D eigenvalue weighted by atomic mass is 32.1. The van der Waals surface area contributed by atoms with Gasteiger partial charge in [0.1, 0.15) is 28.3 Å². The summed E-state index contributed by atoms with van der Waals surface area (Å²) in [7, 11) is 1.52. The number of hydrogen-bond acceptors (Lipinski definition) is 11. The van der Waals surface area contributed by atoms with Gasteiger partial charge in [-0.25, -0.2) is 24.7 Å². The maximum Gasteiger partial charge on any atom is 0.332 e. The fourth-order valence-corrected chi connectivity index (χ4v) is 5.03. The molecule has 0 radical (unpaired) electrons. The Morgan fingerprint density at radius 1 is 1.18 bits per heavy atom. The maximum atomic E-state index is 13.4. The van der Waals surface area contributed by atoms with Gasteiger partial charge in [0.25, 0.3) is 5.56 Å². The van der Waals surface area contributed by atoms with Crippen molar-refractivity contribution in [2.45, 2.75) is 40.3 Å². The van der Waals surface area contributed by atoms with Gasteiger partial charge in [-0.2, -0.15) is 0 Å². The summed E-state index contributed by atoms with van der Waals surface area (Å²) in [6.45, 7) is 8.97. The first-order valence-electron chi connectivity index (χ1n) is 12.6. The molecule has 0 bridgehead atoms. The second-order valence-corrected chi connectivity index (χ2v) is 9.99. The van der Waals surface area contributed by atoms with Crippen LogP contribution in [0.5, 0.6) is 0 Å². The van der Waals surface area contributed by atoms with Gasteiger partial charge in [-0.3, -0.25) is 18.7 Å². The van der Waals surface area contributed by atoms with Gasteiger partial charge >= 0.3 is 5.69 Å². The molecule has 0 aliphatic heterocycles. The van der Waals surface area contributed by atoms with Gasteiger partial charge < -0.3 is 19.3 Å². The first kappa shape index (κ1) is 26.9. The lowest BCUT2D eigenvalue weighted by Gasteiger charge is -2.17. The van der Waals surface area contributed by atoms with E-state index in [0.29, 0.717) is 28.2 Å². The van der Waals surface area contributed by atoms with Crippen molar-refractivity contribution in [3.8, 4) is 10.6 Å². The Morgan fingerprint density at radius 3 is 2.55 bits per heavy atom. The van der Waals surface area contributed by atoms with Gasteiger partial charge in [0.05, 0.1) is 12.9 Å². The summed E-state index contributed by atoms with van der Waals surface area (Å²) in [5.41, 5.74) is 0.324. The minimum absolute atomic E-state index is 0.0776. The first-order valence-corrected chi connectivity index (χ1v) is 13.5. The molecule has 1 N–H and O–H groups in total. The Morgan fingerprint density at radius 2 is 1.90 bits per heavy atom. The molecule has 5 rings (SSSR count). The van der Waals surface area contributed by atoms with Crippen LogP contribution in [0.15, 0.2) is 44.3 Å². The second-order valence-electron chi connectivity index (χ2n) is 9.13. The lowest BCUT2D eigenvalue weighted by atomic mass is 10.3. The molecule has 5 aromatic rings. The van der Waals surface area contributed by atoms with Crippen molar-refractivity contribution >= 4 is 40.2 Å². The van der Waals surface area contributed by atoms with E-state index >= 15 is 0 Å². The Hall–Kier alpha value is -4.66. The van der Waals surface area contributed by atoms with E-state index in [2.05, 4.69) is 30.4 Å². The fraction of sp³-hybridized carbons (Fsp3) is 0.360. The maximum absolute atomic E-state index is 13.4. The van der Waals surface area contributed by atoms with E-state index in [1.807, 2.05) is 18.7 Å². The summed E-state index contributed by atoms with van der Waals surface area (Å²) in [6.07, 6.45) is 4.80. The normalized spacial score (nSPS) is 12.1. The van der Waals surface area contributed by atoms with Crippen LogP contribution in [0, 0.1) is 6.92 Å². The zero-order valence-electron chi connectivity index (χ0n) is 22.7. The molecule has 15 heteroatoms. The van der Waals surface area contributed by atoms with Crippen molar-refractivity contribution in [1.82, 2.24) is 38.8 Å². The van der Waals surface area contributed by atoms with Crippen LogP contribution in [0.2, 0.25) is 0 Å². The van der Waals surface area contributed by atoms with Crippen LogP contribution in [-0.4, -0.2) is 57.8 Å². The molecule has 0 aliphatic rings. The number of hydrogen-bond donors (Lipinski definition) is 1. The summed E-state index contributed by atoms with van der Waals surface area (Å²) in [5, 5.41) is 9.06. The molecule has 1 atom stereocenters. The Bertz CT molecular complexity index is 1790. The zero-order valence-corrected chi connectivity index (χ0v) is 23.5. The number of carbonyl (C=O) groups is 1. The lowest BCUT2D eigenvalue weighted by molar-refractivity contribution is -0.118. The number of nitrogens with zero attached hydrogens (tertiary/aromatic N) is 9. The molecule has 5 aromatic heterocycles. The van der Waals surface area contributed by atoms with Crippen LogP contribution in [0.25, 0.3) is 21.7 Å². The number of fused-ring (bicyclic) bond motifs is 1. The molecule has 0 fully saturated rings. The Labute approximate surface area is 231 Å². The molecule has 0 saturated heterocycles. The summed E-state index contributed by atoms with van der Waals surface area (Å²) in [6, 6.07) is 0.816. The Kier molecular flexibility index (Phi) is 7.30. The molecular formula is C25H28N10O4S. The number of amides is 1. The van der Waals surface area contributed by atoms with Crippen LogP contribution < -0.4 is 21.5 Å². The first-order chi connectivity index (χ1) is 19.2. The number of rotatable bonds is 9. The third kappa shape index (κ3) is 4.90. The molecule has 0 saturated carbocycles. The third-order valence-electron chi connectivity index (χ3n) is 6.54.